The van der Waals surface area contributed by atoms with E-state index in [9.17, 15) is 13.7 Å². The lowest BCUT2D eigenvalue weighted by molar-refractivity contribution is 0.329. The molecule has 130 valence electrons. The van der Waals surface area contributed by atoms with Crippen LogP contribution in [-0.4, -0.2) is 42.1 Å². The third-order valence-corrected chi connectivity index (χ3v) is 7.35. The first-order valence-electron chi connectivity index (χ1n) is 8.63. The van der Waals surface area contributed by atoms with Gasteiger partial charge >= 0.3 is 0 Å². The van der Waals surface area contributed by atoms with Crippen LogP contribution < -0.4 is 5.32 Å². The summed E-state index contributed by atoms with van der Waals surface area (Å²) in [5, 5.41) is 13.5. The summed E-state index contributed by atoms with van der Waals surface area (Å²) in [5.41, 5.74) is 2.07. The summed E-state index contributed by atoms with van der Waals surface area (Å²) in [7, 11) is -3.08. The van der Waals surface area contributed by atoms with E-state index in [-0.39, 0.29) is 11.3 Å². The molecular formula is C18H20N4O2S. The van der Waals surface area contributed by atoms with Gasteiger partial charge in [0.1, 0.15) is 11.8 Å². The molecule has 2 fully saturated rings. The van der Waals surface area contributed by atoms with Gasteiger partial charge in [-0.05, 0) is 37.8 Å². The Balaban J connectivity index is 1.50. The van der Waals surface area contributed by atoms with Crippen LogP contribution in [0.25, 0.3) is 10.9 Å². The number of aromatic nitrogens is 1. The van der Waals surface area contributed by atoms with Crippen molar-refractivity contribution >= 4 is 26.6 Å². The predicted octanol–water partition coefficient (Wildman–Crippen LogP) is 2.47. The average Bonchev–Trinajstić information content (AvgIpc) is 3.48. The third-order valence-electron chi connectivity index (χ3n) is 4.95. The molecule has 1 N–H and O–H groups in total. The second-order valence-corrected chi connectivity index (χ2v) is 8.96. The molecular weight excluding hydrogens is 336 g/mol. The molecule has 2 heterocycles. The molecule has 1 aliphatic heterocycles. The number of anilines is 1. The largest absolute Gasteiger partial charge is 0.382 e. The molecule has 25 heavy (non-hydrogen) atoms. The Morgan fingerprint density at radius 3 is 2.56 bits per heavy atom. The van der Waals surface area contributed by atoms with Gasteiger partial charge in [-0.2, -0.15) is 5.26 Å². The van der Waals surface area contributed by atoms with Gasteiger partial charge in [-0.3, -0.25) is 0 Å². The molecule has 1 saturated heterocycles. The number of para-hydroxylation sites is 1. The first-order valence-corrected chi connectivity index (χ1v) is 10.1. The zero-order valence-corrected chi connectivity index (χ0v) is 14.7. The van der Waals surface area contributed by atoms with Gasteiger partial charge in [0.05, 0.1) is 10.8 Å². The van der Waals surface area contributed by atoms with E-state index in [1.54, 1.807) is 10.4 Å². The van der Waals surface area contributed by atoms with Crippen molar-refractivity contribution in [2.24, 2.45) is 0 Å². The highest BCUT2D eigenvalue weighted by molar-refractivity contribution is 7.90. The van der Waals surface area contributed by atoms with Gasteiger partial charge in [0.15, 0.2) is 0 Å². The Morgan fingerprint density at radius 2 is 1.88 bits per heavy atom. The van der Waals surface area contributed by atoms with Crippen molar-refractivity contribution in [3.8, 4) is 6.07 Å². The number of nitriles is 1. The van der Waals surface area contributed by atoms with Crippen LogP contribution in [0.4, 0.5) is 5.69 Å². The smallest absolute Gasteiger partial charge is 0.216 e. The quantitative estimate of drug-likeness (QED) is 0.909. The van der Waals surface area contributed by atoms with Gasteiger partial charge in [0, 0.05) is 30.2 Å². The van der Waals surface area contributed by atoms with Crippen LogP contribution in [0.5, 0.6) is 0 Å². The Morgan fingerprint density at radius 1 is 1.16 bits per heavy atom. The lowest BCUT2D eigenvalue weighted by Crippen LogP contribution is -2.43. The maximum absolute atomic E-state index is 12.3. The van der Waals surface area contributed by atoms with Crippen LogP contribution >= 0.6 is 0 Å². The molecule has 0 amide bonds. The minimum absolute atomic E-state index is 0.140. The molecule has 7 heteroatoms. The molecule has 2 aromatic rings. The van der Waals surface area contributed by atoms with Gasteiger partial charge in [0.25, 0.3) is 0 Å². The number of hydrogen-bond acceptors (Lipinski definition) is 5. The number of sulfonamides is 1. The van der Waals surface area contributed by atoms with Gasteiger partial charge in [0.2, 0.25) is 10.0 Å². The molecule has 1 saturated carbocycles. The fourth-order valence-electron chi connectivity index (χ4n) is 3.40. The van der Waals surface area contributed by atoms with Gasteiger partial charge < -0.3 is 5.32 Å². The van der Waals surface area contributed by atoms with Crippen LogP contribution in [0, 0.1) is 11.3 Å². The summed E-state index contributed by atoms with van der Waals surface area (Å²) in [4.78, 5) is 4.33. The first-order chi connectivity index (χ1) is 12.1. The molecule has 6 nitrogen and oxygen atoms in total. The van der Waals surface area contributed by atoms with E-state index < -0.39 is 10.0 Å². The topological polar surface area (TPSA) is 86.1 Å². The molecule has 2 aliphatic rings. The minimum Gasteiger partial charge on any atom is -0.382 e. The second-order valence-electron chi connectivity index (χ2n) is 6.75. The van der Waals surface area contributed by atoms with E-state index in [1.807, 2.05) is 24.3 Å². The first kappa shape index (κ1) is 16.3. The van der Waals surface area contributed by atoms with E-state index in [2.05, 4.69) is 16.4 Å². The van der Waals surface area contributed by atoms with E-state index in [4.69, 9.17) is 0 Å². The van der Waals surface area contributed by atoms with Gasteiger partial charge in [-0.25, -0.2) is 17.7 Å². The molecule has 0 bridgehead atoms. The van der Waals surface area contributed by atoms with Gasteiger partial charge in [-0.15, -0.1) is 0 Å². The Kier molecular flexibility index (Phi) is 4.10. The van der Waals surface area contributed by atoms with Crippen molar-refractivity contribution in [1.82, 2.24) is 9.29 Å². The highest BCUT2D eigenvalue weighted by atomic mass is 32.2. The fourth-order valence-corrected chi connectivity index (χ4v) is 5.28. The van der Waals surface area contributed by atoms with Crippen LogP contribution in [0.3, 0.4) is 0 Å². The van der Waals surface area contributed by atoms with Crippen LogP contribution in [0.15, 0.2) is 30.3 Å². The summed E-state index contributed by atoms with van der Waals surface area (Å²) in [6.07, 6.45) is 3.15. The number of pyridine rings is 1. The lowest BCUT2D eigenvalue weighted by Gasteiger charge is -2.32. The van der Waals surface area contributed by atoms with E-state index in [1.165, 1.54) is 0 Å². The normalized spacial score (nSPS) is 19.6. The van der Waals surface area contributed by atoms with Crippen LogP contribution in [-0.2, 0) is 10.0 Å². The highest BCUT2D eigenvalue weighted by Gasteiger charge is 2.41. The van der Waals surface area contributed by atoms with Crippen molar-refractivity contribution in [2.75, 3.05) is 18.4 Å². The van der Waals surface area contributed by atoms with Crippen molar-refractivity contribution < 1.29 is 8.42 Å². The predicted molar refractivity (Wildman–Crippen MR) is 96.6 cm³/mol. The molecule has 1 aromatic heterocycles. The van der Waals surface area contributed by atoms with E-state index in [0.717, 1.165) is 42.3 Å². The number of rotatable bonds is 4. The Hall–Kier alpha value is -2.17. The molecule has 1 aromatic carbocycles. The summed E-state index contributed by atoms with van der Waals surface area (Å²) in [6, 6.07) is 11.8. The summed E-state index contributed by atoms with van der Waals surface area (Å²) < 4.78 is 26.3. The number of fused-ring (bicyclic) bond motifs is 1. The fraction of sp³-hybridized carbons (Fsp3) is 0.444. The maximum atomic E-state index is 12.3. The summed E-state index contributed by atoms with van der Waals surface area (Å²) in [6.45, 7) is 1.12. The second kappa shape index (κ2) is 6.28. The molecule has 1 aliphatic carbocycles. The monoisotopic (exact) mass is 356 g/mol. The summed E-state index contributed by atoms with van der Waals surface area (Å²) >= 11 is 0. The highest BCUT2D eigenvalue weighted by Crippen LogP contribution is 2.33. The summed E-state index contributed by atoms with van der Waals surface area (Å²) in [5.74, 6) is 0. The van der Waals surface area contributed by atoms with Crippen molar-refractivity contribution in [1.29, 1.82) is 5.26 Å². The van der Waals surface area contributed by atoms with Crippen molar-refractivity contribution in [3.63, 3.8) is 0 Å². The molecule has 4 rings (SSSR count). The number of nitrogens with zero attached hydrogens (tertiary/aromatic N) is 3. The van der Waals surface area contributed by atoms with E-state index in [0.29, 0.717) is 18.8 Å². The minimum atomic E-state index is -3.08. The number of piperidine rings is 1. The zero-order valence-electron chi connectivity index (χ0n) is 13.9. The maximum Gasteiger partial charge on any atom is 0.216 e. The third kappa shape index (κ3) is 3.20. The number of hydrogen-bond donors (Lipinski definition) is 1. The lowest BCUT2D eigenvalue weighted by atomic mass is 10.1. The zero-order chi connectivity index (χ0) is 17.4. The van der Waals surface area contributed by atoms with E-state index >= 15 is 0 Å². The number of nitrogens with one attached hydrogen (secondary N) is 1. The van der Waals surface area contributed by atoms with Crippen molar-refractivity contribution in [3.05, 3.63) is 36.0 Å². The molecule has 0 radical (unpaired) electrons. The average molecular weight is 356 g/mol. The molecule has 0 atom stereocenters. The Bertz CT molecular complexity index is 939. The molecule has 0 spiro atoms. The van der Waals surface area contributed by atoms with Crippen molar-refractivity contribution in [2.45, 2.75) is 37.0 Å². The van der Waals surface area contributed by atoms with Crippen LogP contribution in [0.1, 0.15) is 31.4 Å². The van der Waals surface area contributed by atoms with Gasteiger partial charge in [-0.1, -0.05) is 18.2 Å². The SMILES string of the molecule is N#Cc1cc(NC2CCN(S(=O)(=O)C3CC3)CC2)c2ccccc2n1. The standard InChI is InChI=1S/C18H20N4O2S/c19-12-14-11-18(16-3-1-2-4-17(16)21-14)20-13-7-9-22(10-8-13)25(23,24)15-5-6-15/h1-4,11,13,15H,5-10H2,(H,20,21). The van der Waals surface area contributed by atoms with Crippen LogP contribution in [0.2, 0.25) is 0 Å². The molecule has 0 unspecified atom stereocenters. The Labute approximate surface area is 147 Å². The number of benzene rings is 1.